The summed E-state index contributed by atoms with van der Waals surface area (Å²) in [5.74, 6) is 0.753. The van der Waals surface area contributed by atoms with E-state index in [9.17, 15) is 0 Å². The van der Waals surface area contributed by atoms with Crippen LogP contribution in [0.25, 0.3) is 0 Å². The largest absolute Gasteiger partial charge is 0.356 e. The van der Waals surface area contributed by atoms with Gasteiger partial charge in [-0.25, -0.2) is 4.98 Å². The monoisotopic (exact) mass is 327 g/mol. The van der Waals surface area contributed by atoms with Gasteiger partial charge in [0.05, 0.1) is 6.04 Å². The fraction of sp³-hybridized carbons (Fsp3) is 0.368. The van der Waals surface area contributed by atoms with E-state index in [0.29, 0.717) is 5.11 Å². The molecule has 1 atom stereocenters. The van der Waals surface area contributed by atoms with E-state index < -0.39 is 0 Å². The lowest BCUT2D eigenvalue weighted by molar-refractivity contribution is 0.589. The van der Waals surface area contributed by atoms with E-state index in [1.54, 1.807) is 0 Å². The number of nitrogens with one attached hydrogen (secondary N) is 2. The Morgan fingerprint density at radius 2 is 1.74 bits per heavy atom. The van der Waals surface area contributed by atoms with Crippen molar-refractivity contribution >= 4 is 23.1 Å². The van der Waals surface area contributed by atoms with Crippen LogP contribution in [0.2, 0.25) is 0 Å². The maximum absolute atomic E-state index is 5.37. The van der Waals surface area contributed by atoms with Crippen LogP contribution < -0.4 is 10.6 Å². The van der Waals surface area contributed by atoms with Crippen molar-refractivity contribution < 1.29 is 0 Å². The standard InChI is InChI=1S/C19H25N3S/c1-13-6-11-17(20-12-13)22-18(23)21-14(2)15-7-9-16(10-8-15)19(3,4)5/h6-12,14H,1-5H3,(H2,20,21,22,23). The first-order valence-electron chi connectivity index (χ1n) is 7.86. The second-order valence-electron chi connectivity index (χ2n) is 6.91. The predicted molar refractivity (Wildman–Crippen MR) is 102 cm³/mol. The number of rotatable bonds is 3. The molecule has 0 aliphatic heterocycles. The Labute approximate surface area is 144 Å². The van der Waals surface area contributed by atoms with Crippen molar-refractivity contribution in [3.8, 4) is 0 Å². The molecule has 1 unspecified atom stereocenters. The summed E-state index contributed by atoms with van der Waals surface area (Å²) in [5, 5.41) is 6.99. The van der Waals surface area contributed by atoms with Crippen molar-refractivity contribution in [2.45, 2.75) is 46.1 Å². The summed E-state index contributed by atoms with van der Waals surface area (Å²) in [4.78, 5) is 4.30. The molecule has 1 aromatic carbocycles. The van der Waals surface area contributed by atoms with Crippen LogP contribution in [-0.4, -0.2) is 10.1 Å². The minimum absolute atomic E-state index is 0.134. The first-order valence-corrected chi connectivity index (χ1v) is 8.27. The highest BCUT2D eigenvalue weighted by molar-refractivity contribution is 7.80. The smallest absolute Gasteiger partial charge is 0.172 e. The average molecular weight is 327 g/mol. The van der Waals surface area contributed by atoms with Crippen molar-refractivity contribution in [2.24, 2.45) is 0 Å². The van der Waals surface area contributed by atoms with Crippen molar-refractivity contribution in [1.82, 2.24) is 10.3 Å². The average Bonchev–Trinajstić information content (AvgIpc) is 2.49. The number of benzene rings is 1. The third-order valence-corrected chi connectivity index (χ3v) is 4.00. The summed E-state index contributed by atoms with van der Waals surface area (Å²) in [6, 6.07) is 12.8. The summed E-state index contributed by atoms with van der Waals surface area (Å²) in [7, 11) is 0. The first-order chi connectivity index (χ1) is 10.8. The number of aryl methyl sites for hydroxylation is 1. The molecular formula is C19H25N3S. The molecule has 23 heavy (non-hydrogen) atoms. The minimum atomic E-state index is 0.134. The van der Waals surface area contributed by atoms with Crippen molar-refractivity contribution in [3.05, 3.63) is 59.3 Å². The minimum Gasteiger partial charge on any atom is -0.356 e. The topological polar surface area (TPSA) is 37.0 Å². The van der Waals surface area contributed by atoms with Crippen LogP contribution in [0.15, 0.2) is 42.6 Å². The lowest BCUT2D eigenvalue weighted by Gasteiger charge is -2.21. The number of thiocarbonyl (C=S) groups is 1. The van der Waals surface area contributed by atoms with Crippen molar-refractivity contribution in [2.75, 3.05) is 5.32 Å². The molecule has 0 saturated carbocycles. The van der Waals surface area contributed by atoms with E-state index in [1.165, 1.54) is 11.1 Å². The molecule has 2 aromatic rings. The van der Waals surface area contributed by atoms with E-state index in [-0.39, 0.29) is 11.5 Å². The molecule has 1 heterocycles. The van der Waals surface area contributed by atoms with Crippen LogP contribution in [0.5, 0.6) is 0 Å². The number of pyridine rings is 1. The zero-order valence-electron chi connectivity index (χ0n) is 14.5. The van der Waals surface area contributed by atoms with Gasteiger partial charge < -0.3 is 10.6 Å². The van der Waals surface area contributed by atoms with Gasteiger partial charge in [-0.05, 0) is 54.2 Å². The molecule has 3 nitrogen and oxygen atoms in total. The lowest BCUT2D eigenvalue weighted by Crippen LogP contribution is -2.31. The van der Waals surface area contributed by atoms with Crippen LogP contribution in [0.4, 0.5) is 5.82 Å². The Morgan fingerprint density at radius 1 is 1.09 bits per heavy atom. The third-order valence-electron chi connectivity index (χ3n) is 3.78. The number of aromatic nitrogens is 1. The van der Waals surface area contributed by atoms with Gasteiger partial charge in [-0.15, -0.1) is 0 Å². The number of hydrogen-bond donors (Lipinski definition) is 2. The summed E-state index contributed by atoms with van der Waals surface area (Å²) in [5.41, 5.74) is 3.84. The van der Waals surface area contributed by atoms with Gasteiger partial charge in [0.15, 0.2) is 5.11 Å². The van der Waals surface area contributed by atoms with Gasteiger partial charge in [0.2, 0.25) is 0 Å². The maximum Gasteiger partial charge on any atom is 0.172 e. The molecule has 0 aliphatic carbocycles. The Morgan fingerprint density at radius 3 is 2.26 bits per heavy atom. The second kappa shape index (κ2) is 7.09. The van der Waals surface area contributed by atoms with Crippen molar-refractivity contribution in [3.63, 3.8) is 0 Å². The van der Waals surface area contributed by atoms with Crippen LogP contribution in [0, 0.1) is 6.92 Å². The van der Waals surface area contributed by atoms with Crippen molar-refractivity contribution in [1.29, 1.82) is 0 Å². The number of hydrogen-bond acceptors (Lipinski definition) is 2. The van der Waals surface area contributed by atoms with E-state index in [4.69, 9.17) is 12.2 Å². The molecule has 0 amide bonds. The van der Waals surface area contributed by atoms with E-state index in [1.807, 2.05) is 25.3 Å². The molecule has 0 fully saturated rings. The summed E-state index contributed by atoms with van der Waals surface area (Å²) in [6.07, 6.45) is 1.82. The maximum atomic E-state index is 5.37. The van der Waals surface area contributed by atoms with Gasteiger partial charge in [0.1, 0.15) is 5.82 Å². The zero-order chi connectivity index (χ0) is 17.0. The first kappa shape index (κ1) is 17.4. The summed E-state index contributed by atoms with van der Waals surface area (Å²) >= 11 is 5.37. The Hall–Kier alpha value is -1.94. The van der Waals surface area contributed by atoms with E-state index in [0.717, 1.165) is 11.4 Å². The molecule has 2 N–H and O–H groups in total. The molecule has 4 heteroatoms. The van der Waals surface area contributed by atoms with Gasteiger partial charge in [0.25, 0.3) is 0 Å². The highest BCUT2D eigenvalue weighted by Crippen LogP contribution is 2.23. The molecule has 0 aliphatic rings. The normalized spacial score (nSPS) is 12.6. The number of nitrogens with zero attached hydrogens (tertiary/aromatic N) is 1. The molecule has 0 spiro atoms. The van der Waals surface area contributed by atoms with Crippen LogP contribution >= 0.6 is 12.2 Å². The molecule has 1 aromatic heterocycles. The lowest BCUT2D eigenvalue weighted by atomic mass is 9.86. The quantitative estimate of drug-likeness (QED) is 0.799. The van der Waals surface area contributed by atoms with Gasteiger partial charge in [-0.2, -0.15) is 0 Å². The summed E-state index contributed by atoms with van der Waals surface area (Å²) in [6.45, 7) is 10.8. The Bertz CT molecular complexity index is 655. The highest BCUT2D eigenvalue weighted by Gasteiger charge is 2.14. The molecule has 2 rings (SSSR count). The molecule has 0 radical (unpaired) electrons. The fourth-order valence-electron chi connectivity index (χ4n) is 2.25. The van der Waals surface area contributed by atoms with E-state index in [2.05, 4.69) is 67.6 Å². The SMILES string of the molecule is Cc1ccc(NC(=S)NC(C)c2ccc(C(C)(C)C)cc2)nc1. The fourth-order valence-corrected chi connectivity index (χ4v) is 2.53. The van der Waals surface area contributed by atoms with E-state index >= 15 is 0 Å². The van der Waals surface area contributed by atoms with Gasteiger partial charge >= 0.3 is 0 Å². The molecule has 122 valence electrons. The highest BCUT2D eigenvalue weighted by atomic mass is 32.1. The predicted octanol–water partition coefficient (Wildman–Crippen LogP) is 4.74. The van der Waals surface area contributed by atoms with Gasteiger partial charge in [-0.1, -0.05) is 51.1 Å². The van der Waals surface area contributed by atoms with Gasteiger partial charge in [-0.3, -0.25) is 0 Å². The molecule has 0 bridgehead atoms. The van der Waals surface area contributed by atoms with Crippen LogP contribution in [0.3, 0.4) is 0 Å². The molecular weight excluding hydrogens is 302 g/mol. The Balaban J connectivity index is 1.96. The summed E-state index contributed by atoms with van der Waals surface area (Å²) < 4.78 is 0. The Kier molecular flexibility index (Phi) is 5.37. The van der Waals surface area contributed by atoms with Gasteiger partial charge in [0, 0.05) is 6.20 Å². The third kappa shape index (κ3) is 5.03. The van der Waals surface area contributed by atoms with Crippen LogP contribution in [-0.2, 0) is 5.41 Å². The number of anilines is 1. The van der Waals surface area contributed by atoms with Crippen LogP contribution in [0.1, 0.15) is 50.4 Å². The molecule has 0 saturated heterocycles. The second-order valence-corrected chi connectivity index (χ2v) is 7.32. The zero-order valence-corrected chi connectivity index (χ0v) is 15.3.